The van der Waals surface area contributed by atoms with Gasteiger partial charge in [0.2, 0.25) is 0 Å². The Kier molecular flexibility index (Phi) is 7.56. The van der Waals surface area contributed by atoms with E-state index in [0.717, 1.165) is 32.7 Å². The molecule has 2 aromatic rings. The molecule has 1 N–H and O–H groups in total. The number of amides is 1. The van der Waals surface area contributed by atoms with Crippen LogP contribution < -0.4 is 22.6 Å². The molecule has 1 heterocycles. The summed E-state index contributed by atoms with van der Waals surface area (Å²) in [5.74, 6) is -0.0691. The minimum atomic E-state index is -0.0691. The largest absolute Gasteiger partial charge is 1.00 e. The minimum Gasteiger partial charge on any atom is -1.00 e. The van der Waals surface area contributed by atoms with Crippen molar-refractivity contribution < 1.29 is 17.2 Å². The fourth-order valence-corrected chi connectivity index (χ4v) is 3.12. The molecule has 0 bridgehead atoms. The van der Waals surface area contributed by atoms with Crippen molar-refractivity contribution in [1.82, 2.24) is 10.2 Å². The van der Waals surface area contributed by atoms with Crippen molar-refractivity contribution in [3.63, 3.8) is 0 Å². The number of anilines is 1. The van der Waals surface area contributed by atoms with Crippen LogP contribution in [0.2, 0.25) is 5.02 Å². The number of nitrogens with one attached hydrogen (secondary N) is 1. The van der Waals surface area contributed by atoms with E-state index < -0.39 is 0 Å². The Morgan fingerprint density at radius 2 is 1.72 bits per heavy atom. The maximum atomic E-state index is 12.1. The molecule has 1 saturated heterocycles. The molecule has 25 heavy (non-hydrogen) atoms. The summed E-state index contributed by atoms with van der Waals surface area (Å²) in [6.07, 6.45) is 0. The monoisotopic (exact) mass is 378 g/mol. The lowest BCUT2D eigenvalue weighted by Gasteiger charge is -2.36. The number of halogens is 2. The van der Waals surface area contributed by atoms with Gasteiger partial charge in [0.15, 0.2) is 0 Å². The third kappa shape index (κ3) is 5.63. The van der Waals surface area contributed by atoms with Crippen molar-refractivity contribution in [2.75, 3.05) is 44.2 Å². The molecule has 1 aliphatic rings. The van der Waals surface area contributed by atoms with Crippen molar-refractivity contribution >= 4 is 23.2 Å². The van der Waals surface area contributed by atoms with Gasteiger partial charge in [0.05, 0.1) is 0 Å². The van der Waals surface area contributed by atoms with Gasteiger partial charge in [-0.3, -0.25) is 9.69 Å². The van der Waals surface area contributed by atoms with Gasteiger partial charge in [-0.1, -0.05) is 35.9 Å². The highest BCUT2D eigenvalue weighted by molar-refractivity contribution is 6.30. The number of hydrogen-bond acceptors (Lipinski definition) is 3. The fourth-order valence-electron chi connectivity index (χ4n) is 2.93. The van der Waals surface area contributed by atoms with Gasteiger partial charge in [-0.25, -0.2) is 0 Å². The molecule has 0 atom stereocenters. The molecule has 134 valence electrons. The van der Waals surface area contributed by atoms with Gasteiger partial charge in [0.25, 0.3) is 5.91 Å². The number of carbonyl (C=O) groups excluding carboxylic acids is 1. The third-order valence-electron chi connectivity index (χ3n) is 4.29. The highest BCUT2D eigenvalue weighted by atomic mass is 35.5. The van der Waals surface area contributed by atoms with Crippen LogP contribution in [0.25, 0.3) is 0 Å². The molecule has 0 aromatic heterocycles. The van der Waals surface area contributed by atoms with Crippen LogP contribution in [0.15, 0.2) is 54.6 Å². The second-order valence-electron chi connectivity index (χ2n) is 5.93. The normalized spacial score (nSPS) is 14.7. The van der Waals surface area contributed by atoms with Gasteiger partial charge in [0, 0.05) is 55.5 Å². The van der Waals surface area contributed by atoms with Gasteiger partial charge in [0.1, 0.15) is 0 Å². The van der Waals surface area contributed by atoms with E-state index in [-0.39, 0.29) is 18.3 Å². The Bertz CT molecular complexity index is 673. The van der Waals surface area contributed by atoms with Crippen LogP contribution in [-0.2, 0) is 0 Å². The first-order chi connectivity index (χ1) is 11.7. The topological polar surface area (TPSA) is 35.6 Å². The zero-order chi connectivity index (χ0) is 16.8. The lowest BCUT2D eigenvalue weighted by Crippen LogP contribution is -3.00. The molecule has 3 rings (SSSR count). The van der Waals surface area contributed by atoms with Gasteiger partial charge in [-0.15, -0.1) is 0 Å². The summed E-state index contributed by atoms with van der Waals surface area (Å²) in [6, 6.07) is 17.5. The molecule has 6 heteroatoms. The highest BCUT2D eigenvalue weighted by Gasteiger charge is 2.16. The lowest BCUT2D eigenvalue weighted by molar-refractivity contribution is -0.0000131. The fraction of sp³-hybridized carbons (Fsp3) is 0.316. The van der Waals surface area contributed by atoms with E-state index in [1.165, 1.54) is 5.69 Å². The minimum absolute atomic E-state index is 0. The number of carbonyl (C=O) groups is 1. The number of nitrogens with zero attached hydrogens (tertiary/aromatic N) is 2. The van der Waals surface area contributed by atoms with E-state index in [0.29, 0.717) is 17.1 Å². The molecule has 2 aromatic carbocycles. The summed E-state index contributed by atoms with van der Waals surface area (Å²) >= 11 is 5.92. The first-order valence-electron chi connectivity index (χ1n) is 8.28. The average Bonchev–Trinajstić information content (AvgIpc) is 2.63. The Morgan fingerprint density at radius 1 is 1.00 bits per heavy atom. The molecule has 0 radical (unpaired) electrons. The van der Waals surface area contributed by atoms with Gasteiger partial charge >= 0.3 is 0 Å². The number of para-hydroxylation sites is 1. The quantitative estimate of drug-likeness (QED) is 0.788. The van der Waals surface area contributed by atoms with E-state index >= 15 is 0 Å². The van der Waals surface area contributed by atoms with Crippen molar-refractivity contribution in [2.45, 2.75) is 0 Å². The van der Waals surface area contributed by atoms with Crippen molar-refractivity contribution in [3.05, 3.63) is 65.2 Å². The Morgan fingerprint density at radius 3 is 2.40 bits per heavy atom. The molecule has 0 aliphatic carbocycles. The van der Waals surface area contributed by atoms with E-state index in [1.54, 1.807) is 24.3 Å². The van der Waals surface area contributed by atoms with E-state index in [4.69, 9.17) is 11.6 Å². The van der Waals surface area contributed by atoms with Crippen LogP contribution in [-0.4, -0.2) is 50.1 Å². The summed E-state index contributed by atoms with van der Waals surface area (Å²) in [5, 5.41) is 3.55. The Balaban J connectivity index is 0.00000225. The first-order valence-corrected chi connectivity index (χ1v) is 8.66. The summed E-state index contributed by atoms with van der Waals surface area (Å²) in [4.78, 5) is 16.9. The van der Waals surface area contributed by atoms with Crippen LogP contribution in [0.1, 0.15) is 10.4 Å². The van der Waals surface area contributed by atoms with Gasteiger partial charge in [-0.2, -0.15) is 0 Å². The van der Waals surface area contributed by atoms with Crippen LogP contribution in [0, 0.1) is 0 Å². The first kappa shape index (κ1) is 19.6. The van der Waals surface area contributed by atoms with Crippen LogP contribution in [0.3, 0.4) is 0 Å². The molecule has 1 aliphatic heterocycles. The molecule has 1 fully saturated rings. The standard InChI is InChI=1S/C19H22ClN3O.ClH/c20-17-6-4-5-16(15-17)19(24)21-9-10-22-11-13-23(14-12-22)18-7-2-1-3-8-18;/h1-8,15H,9-14H2,(H,21,24);1H/p-1. The summed E-state index contributed by atoms with van der Waals surface area (Å²) in [6.45, 7) is 5.59. The Hall–Kier alpha value is -1.75. The molecule has 1 amide bonds. The molecule has 0 unspecified atom stereocenters. The predicted molar refractivity (Wildman–Crippen MR) is 98.9 cm³/mol. The number of piperazine rings is 1. The second kappa shape index (κ2) is 9.66. The van der Waals surface area contributed by atoms with Gasteiger partial charge in [-0.05, 0) is 30.3 Å². The average molecular weight is 379 g/mol. The van der Waals surface area contributed by atoms with E-state index in [2.05, 4.69) is 39.4 Å². The SMILES string of the molecule is O=C(NCCN1CCN(c2ccccc2)CC1)c1cccc(Cl)c1.[Cl-]. The van der Waals surface area contributed by atoms with Crippen molar-refractivity contribution in [2.24, 2.45) is 0 Å². The number of hydrogen-bond donors (Lipinski definition) is 1. The van der Waals surface area contributed by atoms with Crippen molar-refractivity contribution in [3.8, 4) is 0 Å². The van der Waals surface area contributed by atoms with Crippen LogP contribution >= 0.6 is 11.6 Å². The zero-order valence-corrected chi connectivity index (χ0v) is 15.5. The third-order valence-corrected chi connectivity index (χ3v) is 4.53. The molecule has 0 spiro atoms. The number of rotatable bonds is 5. The molecule has 4 nitrogen and oxygen atoms in total. The van der Waals surface area contributed by atoms with Crippen LogP contribution in [0.4, 0.5) is 5.69 Å². The molecular formula is C19H22Cl2N3O-. The Labute approximate surface area is 160 Å². The maximum Gasteiger partial charge on any atom is 0.251 e. The lowest BCUT2D eigenvalue weighted by atomic mass is 10.2. The smallest absolute Gasteiger partial charge is 0.251 e. The van der Waals surface area contributed by atoms with Crippen LogP contribution in [0.5, 0.6) is 0 Å². The van der Waals surface area contributed by atoms with Crippen molar-refractivity contribution in [1.29, 1.82) is 0 Å². The summed E-state index contributed by atoms with van der Waals surface area (Å²) < 4.78 is 0. The second-order valence-corrected chi connectivity index (χ2v) is 6.37. The summed E-state index contributed by atoms with van der Waals surface area (Å²) in [5.41, 5.74) is 1.89. The van der Waals surface area contributed by atoms with Gasteiger partial charge < -0.3 is 22.6 Å². The predicted octanol–water partition coefficient (Wildman–Crippen LogP) is -0.104. The van der Waals surface area contributed by atoms with E-state index in [1.807, 2.05) is 6.07 Å². The number of benzene rings is 2. The maximum absolute atomic E-state index is 12.1. The van der Waals surface area contributed by atoms with E-state index in [9.17, 15) is 4.79 Å². The molecule has 0 saturated carbocycles. The zero-order valence-electron chi connectivity index (χ0n) is 14.0. The molecular weight excluding hydrogens is 357 g/mol. The highest BCUT2D eigenvalue weighted by Crippen LogP contribution is 2.15. The summed E-state index contributed by atoms with van der Waals surface area (Å²) in [7, 11) is 0.